The summed E-state index contributed by atoms with van der Waals surface area (Å²) in [5.74, 6) is 0.517. The van der Waals surface area contributed by atoms with E-state index < -0.39 is 5.60 Å². The monoisotopic (exact) mass is 328 g/mol. The Balaban J connectivity index is 1.69. The highest BCUT2D eigenvalue weighted by molar-refractivity contribution is 5.84. The van der Waals surface area contributed by atoms with E-state index >= 15 is 0 Å². The van der Waals surface area contributed by atoms with Crippen LogP contribution in [-0.4, -0.2) is 34.3 Å². The minimum atomic E-state index is -0.427. The van der Waals surface area contributed by atoms with Crippen LogP contribution in [0.15, 0.2) is 24.4 Å². The largest absolute Gasteiger partial charge is 0.444 e. The van der Waals surface area contributed by atoms with Crippen LogP contribution in [0.2, 0.25) is 0 Å². The van der Waals surface area contributed by atoms with Crippen LogP contribution in [0, 0.1) is 6.92 Å². The summed E-state index contributed by atoms with van der Waals surface area (Å²) in [5.41, 5.74) is 3.56. The van der Waals surface area contributed by atoms with Gasteiger partial charge in [0, 0.05) is 37.2 Å². The van der Waals surface area contributed by atoms with Gasteiger partial charge in [-0.25, -0.2) is 4.79 Å². The van der Waals surface area contributed by atoms with E-state index in [-0.39, 0.29) is 6.09 Å². The van der Waals surface area contributed by atoms with Crippen molar-refractivity contribution >= 4 is 17.0 Å². The fraction of sp³-hybridized carbons (Fsp3) is 0.550. The average Bonchev–Trinajstić information content (AvgIpc) is 2.80. The smallest absolute Gasteiger partial charge is 0.410 e. The van der Waals surface area contributed by atoms with Gasteiger partial charge in [-0.3, -0.25) is 0 Å². The molecule has 0 saturated carbocycles. The molecule has 1 aliphatic rings. The molecular formula is C20H28N2O2. The molecule has 0 spiro atoms. The van der Waals surface area contributed by atoms with Gasteiger partial charge >= 0.3 is 6.09 Å². The van der Waals surface area contributed by atoms with Gasteiger partial charge in [-0.2, -0.15) is 0 Å². The molecule has 1 aliphatic heterocycles. The van der Waals surface area contributed by atoms with Crippen molar-refractivity contribution in [2.45, 2.75) is 52.1 Å². The first-order valence-corrected chi connectivity index (χ1v) is 8.78. The molecule has 1 amide bonds. The summed E-state index contributed by atoms with van der Waals surface area (Å²) in [6.45, 7) is 9.42. The number of piperidine rings is 1. The molecule has 3 rings (SSSR count). The number of aromatic nitrogens is 1. The topological polar surface area (TPSA) is 34.5 Å². The third-order valence-corrected chi connectivity index (χ3v) is 4.83. The Morgan fingerprint density at radius 2 is 1.88 bits per heavy atom. The Hall–Kier alpha value is -1.97. The van der Waals surface area contributed by atoms with E-state index in [1.807, 2.05) is 25.7 Å². The van der Waals surface area contributed by atoms with E-state index in [4.69, 9.17) is 4.74 Å². The molecule has 0 aliphatic carbocycles. The zero-order chi connectivity index (χ0) is 17.5. The van der Waals surface area contributed by atoms with Gasteiger partial charge in [0.2, 0.25) is 0 Å². The molecule has 2 heterocycles. The standard InChI is InChI=1S/C20H28N2O2/c1-14-13-21(5)18-12-16(6-7-17(14)18)15-8-10-22(11-9-15)19(23)24-20(2,3)4/h6-7,12-13,15H,8-11H2,1-5H3. The summed E-state index contributed by atoms with van der Waals surface area (Å²) in [7, 11) is 2.10. The molecule has 0 unspecified atom stereocenters. The zero-order valence-corrected chi connectivity index (χ0v) is 15.4. The third-order valence-electron chi connectivity index (χ3n) is 4.83. The number of hydrogen-bond donors (Lipinski definition) is 0. The number of hydrogen-bond acceptors (Lipinski definition) is 2. The molecule has 130 valence electrons. The molecule has 1 aromatic heterocycles. The van der Waals surface area contributed by atoms with Crippen molar-refractivity contribution < 1.29 is 9.53 Å². The van der Waals surface area contributed by atoms with Gasteiger partial charge in [0.1, 0.15) is 5.60 Å². The van der Waals surface area contributed by atoms with Crippen molar-refractivity contribution in [2.75, 3.05) is 13.1 Å². The molecule has 1 aromatic carbocycles. The second-order valence-corrected chi connectivity index (χ2v) is 7.94. The number of carbonyl (C=O) groups excluding carboxylic acids is 1. The number of aryl methyl sites for hydroxylation is 2. The zero-order valence-electron chi connectivity index (χ0n) is 15.4. The third kappa shape index (κ3) is 3.42. The normalized spacial score (nSPS) is 16.6. The van der Waals surface area contributed by atoms with Gasteiger partial charge in [0.15, 0.2) is 0 Å². The van der Waals surface area contributed by atoms with Crippen molar-refractivity contribution in [3.8, 4) is 0 Å². The number of carbonyl (C=O) groups is 1. The number of ether oxygens (including phenoxy) is 1. The molecule has 0 atom stereocenters. The Bertz CT molecular complexity index is 747. The van der Waals surface area contributed by atoms with Gasteiger partial charge in [-0.1, -0.05) is 12.1 Å². The number of nitrogens with zero attached hydrogens (tertiary/aromatic N) is 2. The van der Waals surface area contributed by atoms with Gasteiger partial charge in [0.05, 0.1) is 0 Å². The van der Waals surface area contributed by atoms with Crippen molar-refractivity contribution in [1.29, 1.82) is 0 Å². The van der Waals surface area contributed by atoms with Crippen LogP contribution in [-0.2, 0) is 11.8 Å². The first-order chi connectivity index (χ1) is 11.2. The maximum atomic E-state index is 12.2. The fourth-order valence-corrected chi connectivity index (χ4v) is 3.58. The van der Waals surface area contributed by atoms with Crippen LogP contribution in [0.5, 0.6) is 0 Å². The van der Waals surface area contributed by atoms with Crippen LogP contribution in [0.4, 0.5) is 4.79 Å². The molecule has 0 bridgehead atoms. The van der Waals surface area contributed by atoms with E-state index in [0.29, 0.717) is 5.92 Å². The second-order valence-electron chi connectivity index (χ2n) is 7.94. The van der Waals surface area contributed by atoms with Crippen LogP contribution in [0.3, 0.4) is 0 Å². The summed E-state index contributed by atoms with van der Waals surface area (Å²) >= 11 is 0. The van der Waals surface area contributed by atoms with Gasteiger partial charge in [-0.15, -0.1) is 0 Å². The molecule has 24 heavy (non-hydrogen) atoms. The summed E-state index contributed by atoms with van der Waals surface area (Å²) in [5, 5.41) is 1.33. The molecule has 1 fully saturated rings. The quantitative estimate of drug-likeness (QED) is 0.766. The van der Waals surface area contributed by atoms with Crippen molar-refractivity contribution in [3.63, 3.8) is 0 Å². The average molecular weight is 328 g/mol. The minimum absolute atomic E-state index is 0.186. The Morgan fingerprint density at radius 3 is 2.50 bits per heavy atom. The predicted molar refractivity (Wildman–Crippen MR) is 97.4 cm³/mol. The molecule has 0 N–H and O–H groups in total. The van der Waals surface area contributed by atoms with Crippen LogP contribution < -0.4 is 0 Å². The van der Waals surface area contributed by atoms with Crippen molar-refractivity contribution in [3.05, 3.63) is 35.5 Å². The number of likely N-dealkylation sites (tertiary alicyclic amines) is 1. The predicted octanol–water partition coefficient (Wildman–Crippen LogP) is 4.60. The van der Waals surface area contributed by atoms with E-state index in [1.165, 1.54) is 22.0 Å². The number of rotatable bonds is 1. The summed E-state index contributed by atoms with van der Waals surface area (Å²) in [6, 6.07) is 6.81. The lowest BCUT2D eigenvalue weighted by Crippen LogP contribution is -2.41. The summed E-state index contributed by atoms with van der Waals surface area (Å²) in [4.78, 5) is 14.0. The first-order valence-electron chi connectivity index (χ1n) is 8.78. The van der Waals surface area contributed by atoms with Crippen molar-refractivity contribution in [2.24, 2.45) is 7.05 Å². The number of amides is 1. The molecular weight excluding hydrogens is 300 g/mol. The summed E-state index contributed by atoms with van der Waals surface area (Å²) < 4.78 is 7.68. The lowest BCUT2D eigenvalue weighted by molar-refractivity contribution is 0.0205. The first kappa shape index (κ1) is 16.9. The lowest BCUT2D eigenvalue weighted by atomic mass is 9.89. The highest BCUT2D eigenvalue weighted by Gasteiger charge is 2.27. The SMILES string of the molecule is Cc1cn(C)c2cc(C3CCN(C(=O)OC(C)(C)C)CC3)ccc12. The van der Waals surface area contributed by atoms with Crippen LogP contribution in [0.1, 0.15) is 50.7 Å². The summed E-state index contributed by atoms with van der Waals surface area (Å²) in [6.07, 6.45) is 3.98. The van der Waals surface area contributed by atoms with Crippen LogP contribution in [0.25, 0.3) is 10.9 Å². The highest BCUT2D eigenvalue weighted by atomic mass is 16.6. The lowest BCUT2D eigenvalue weighted by Gasteiger charge is -2.33. The van der Waals surface area contributed by atoms with E-state index in [2.05, 4.69) is 42.9 Å². The van der Waals surface area contributed by atoms with Gasteiger partial charge < -0.3 is 14.2 Å². The van der Waals surface area contributed by atoms with Crippen molar-refractivity contribution in [1.82, 2.24) is 9.47 Å². The van der Waals surface area contributed by atoms with Gasteiger partial charge in [0.25, 0.3) is 0 Å². The van der Waals surface area contributed by atoms with E-state index in [0.717, 1.165) is 25.9 Å². The van der Waals surface area contributed by atoms with Crippen LogP contribution >= 0.6 is 0 Å². The minimum Gasteiger partial charge on any atom is -0.444 e. The number of fused-ring (bicyclic) bond motifs is 1. The molecule has 0 radical (unpaired) electrons. The molecule has 4 heteroatoms. The van der Waals surface area contributed by atoms with Gasteiger partial charge in [-0.05, 0) is 63.6 Å². The maximum absolute atomic E-state index is 12.2. The fourth-order valence-electron chi connectivity index (χ4n) is 3.58. The Kier molecular flexibility index (Phi) is 4.33. The Labute approximate surface area is 144 Å². The molecule has 1 saturated heterocycles. The van der Waals surface area contributed by atoms with E-state index in [9.17, 15) is 4.79 Å². The highest BCUT2D eigenvalue weighted by Crippen LogP contribution is 2.31. The second kappa shape index (κ2) is 6.15. The molecule has 2 aromatic rings. The molecule has 4 nitrogen and oxygen atoms in total. The number of benzene rings is 1. The Morgan fingerprint density at radius 1 is 1.21 bits per heavy atom. The maximum Gasteiger partial charge on any atom is 0.410 e. The van der Waals surface area contributed by atoms with E-state index in [1.54, 1.807) is 0 Å².